The van der Waals surface area contributed by atoms with E-state index in [-0.39, 0.29) is 5.97 Å². The summed E-state index contributed by atoms with van der Waals surface area (Å²) in [5.74, 6) is 0.0641. The topological polar surface area (TPSA) is 26.3 Å². The highest BCUT2D eigenvalue weighted by Crippen LogP contribution is 2.37. The zero-order valence-electron chi connectivity index (χ0n) is 19.0. The van der Waals surface area contributed by atoms with Crippen LogP contribution in [0.25, 0.3) is 6.08 Å². The number of hydrogen-bond donors (Lipinski definition) is 0. The molecule has 0 aromatic heterocycles. The lowest BCUT2D eigenvalue weighted by Gasteiger charge is -2.16. The zero-order chi connectivity index (χ0) is 22.4. The van der Waals surface area contributed by atoms with E-state index in [9.17, 15) is 4.79 Å². The Hall–Kier alpha value is -3.39. The van der Waals surface area contributed by atoms with Gasteiger partial charge in [-0.2, -0.15) is 0 Å². The molecule has 2 heteroatoms. The smallest absolute Gasteiger partial charge is 0.338 e. The van der Waals surface area contributed by atoms with Gasteiger partial charge in [0.1, 0.15) is 0 Å². The third-order valence-electron chi connectivity index (χ3n) is 5.58. The maximum atomic E-state index is 12.6. The minimum Gasteiger partial charge on any atom is -0.465 e. The molecule has 0 fully saturated rings. The van der Waals surface area contributed by atoms with Crippen LogP contribution in [0.2, 0.25) is 0 Å². The molecule has 0 spiro atoms. The van der Waals surface area contributed by atoms with Crippen LogP contribution in [0.15, 0.2) is 118 Å². The highest BCUT2D eigenvalue weighted by atomic mass is 16.5. The van der Waals surface area contributed by atoms with Gasteiger partial charge >= 0.3 is 5.97 Å². The third-order valence-corrected chi connectivity index (χ3v) is 5.58. The van der Waals surface area contributed by atoms with E-state index in [0.29, 0.717) is 11.5 Å². The molecule has 2 nitrogen and oxygen atoms in total. The van der Waals surface area contributed by atoms with Crippen molar-refractivity contribution in [2.75, 3.05) is 7.11 Å². The summed E-state index contributed by atoms with van der Waals surface area (Å²) in [5, 5.41) is 0. The molecule has 0 saturated carbocycles. The summed E-state index contributed by atoms with van der Waals surface area (Å²) in [6.07, 6.45) is 18.6. The van der Waals surface area contributed by atoms with Gasteiger partial charge in [0.25, 0.3) is 0 Å². The Morgan fingerprint density at radius 3 is 2.35 bits per heavy atom. The number of ether oxygens (including phenoxy) is 1. The molecule has 1 aromatic rings. The molecule has 158 valence electrons. The molecule has 0 saturated heterocycles. The van der Waals surface area contributed by atoms with Crippen molar-refractivity contribution in [1.82, 2.24) is 0 Å². The van der Waals surface area contributed by atoms with E-state index in [2.05, 4.69) is 70.2 Å². The molecule has 0 heterocycles. The van der Waals surface area contributed by atoms with E-state index in [0.717, 1.165) is 33.4 Å². The molecule has 3 rings (SSSR count). The molecule has 1 aromatic carbocycles. The Morgan fingerprint density at radius 2 is 1.68 bits per heavy atom. The van der Waals surface area contributed by atoms with Gasteiger partial charge < -0.3 is 4.74 Å². The van der Waals surface area contributed by atoms with Crippen molar-refractivity contribution in [3.05, 3.63) is 124 Å². The maximum absolute atomic E-state index is 12.6. The lowest BCUT2D eigenvalue weighted by molar-refractivity contribution is -0.135. The number of carbonyl (C=O) groups is 1. The van der Waals surface area contributed by atoms with Crippen LogP contribution in [-0.4, -0.2) is 13.1 Å². The second-order valence-electron chi connectivity index (χ2n) is 8.05. The first-order chi connectivity index (χ1) is 14.9. The predicted octanol–water partition coefficient (Wildman–Crippen LogP) is 7.08. The first-order valence-corrected chi connectivity index (χ1v) is 10.6. The van der Waals surface area contributed by atoms with E-state index in [1.54, 1.807) is 0 Å². The zero-order valence-corrected chi connectivity index (χ0v) is 19.0. The van der Waals surface area contributed by atoms with E-state index < -0.39 is 0 Å². The average molecular weight is 411 g/mol. The van der Waals surface area contributed by atoms with Crippen LogP contribution in [0.5, 0.6) is 0 Å². The van der Waals surface area contributed by atoms with Crippen LogP contribution < -0.4 is 0 Å². The molecule has 0 unspecified atom stereocenters. The fourth-order valence-corrected chi connectivity index (χ4v) is 3.70. The monoisotopic (exact) mass is 410 g/mol. The van der Waals surface area contributed by atoms with Crippen molar-refractivity contribution >= 4 is 12.0 Å². The molecule has 0 atom stereocenters. The average Bonchev–Trinajstić information content (AvgIpc) is 3.02. The summed E-state index contributed by atoms with van der Waals surface area (Å²) >= 11 is 0. The van der Waals surface area contributed by atoms with Crippen LogP contribution in [0.3, 0.4) is 0 Å². The van der Waals surface area contributed by atoms with Crippen LogP contribution in [-0.2, 0) is 9.53 Å². The highest BCUT2D eigenvalue weighted by Gasteiger charge is 2.25. The van der Waals surface area contributed by atoms with Crippen LogP contribution >= 0.6 is 0 Å². The Kier molecular flexibility index (Phi) is 7.25. The quantitative estimate of drug-likeness (QED) is 0.383. The largest absolute Gasteiger partial charge is 0.465 e. The standard InChI is InChI=1S/C29H30O2/c1-20(2)25-16-15-21(3)28-26(29(30)31-5)18-17-24(22(4)27(28)19-25)14-10-9-13-23-11-7-6-8-12-23/h6-20H,1-5H3/b13-9+,14-10?. The van der Waals surface area contributed by atoms with Crippen molar-refractivity contribution in [1.29, 1.82) is 0 Å². The number of hydrogen-bond acceptors (Lipinski definition) is 2. The Balaban J connectivity index is 2.08. The van der Waals surface area contributed by atoms with Crippen molar-refractivity contribution in [2.45, 2.75) is 27.7 Å². The van der Waals surface area contributed by atoms with Crippen LogP contribution in [0.4, 0.5) is 0 Å². The number of benzene rings is 1. The van der Waals surface area contributed by atoms with Crippen molar-refractivity contribution < 1.29 is 9.53 Å². The number of fused-ring (bicyclic) bond motifs is 1. The van der Waals surface area contributed by atoms with Gasteiger partial charge in [-0.3, -0.25) is 0 Å². The van der Waals surface area contributed by atoms with Gasteiger partial charge in [-0.15, -0.1) is 0 Å². The molecule has 0 bridgehead atoms. The van der Waals surface area contributed by atoms with Gasteiger partial charge in [0.2, 0.25) is 0 Å². The second-order valence-corrected chi connectivity index (χ2v) is 8.05. The summed E-state index contributed by atoms with van der Waals surface area (Å²) in [4.78, 5) is 12.6. The number of esters is 1. The second kappa shape index (κ2) is 10.1. The molecule has 0 N–H and O–H groups in total. The van der Waals surface area contributed by atoms with E-state index in [1.807, 2.05) is 42.5 Å². The molecule has 0 radical (unpaired) electrons. The summed E-state index contributed by atoms with van der Waals surface area (Å²) in [6, 6.07) is 10.2. The number of methoxy groups -OCH3 is 1. The molecule has 0 aliphatic heterocycles. The van der Waals surface area contributed by atoms with E-state index >= 15 is 0 Å². The SMILES string of the molecule is COC(=O)C1=CC=C(C=C/C=C/c2ccccc2)C(C)=C2C=C(C(C)C)C=CC(C)=C12. The van der Waals surface area contributed by atoms with Gasteiger partial charge in [0.15, 0.2) is 0 Å². The molecular formula is C29H30O2. The minimum atomic E-state index is -0.320. The first kappa shape index (κ1) is 22.3. The Labute approximate surface area is 186 Å². The molecular weight excluding hydrogens is 380 g/mol. The number of rotatable bonds is 5. The number of carbonyl (C=O) groups excluding carboxylic acids is 1. The van der Waals surface area contributed by atoms with Gasteiger partial charge in [0, 0.05) is 0 Å². The third kappa shape index (κ3) is 5.21. The fourth-order valence-electron chi connectivity index (χ4n) is 3.70. The lowest BCUT2D eigenvalue weighted by Crippen LogP contribution is -2.09. The maximum Gasteiger partial charge on any atom is 0.338 e. The first-order valence-electron chi connectivity index (χ1n) is 10.6. The minimum absolute atomic E-state index is 0.320. The Morgan fingerprint density at radius 1 is 0.968 bits per heavy atom. The van der Waals surface area contributed by atoms with Gasteiger partial charge in [-0.05, 0) is 64.8 Å². The van der Waals surface area contributed by atoms with E-state index in [1.165, 1.54) is 12.7 Å². The Bertz CT molecular complexity index is 1090. The van der Waals surface area contributed by atoms with E-state index in [4.69, 9.17) is 4.74 Å². The highest BCUT2D eigenvalue weighted by molar-refractivity contribution is 5.97. The van der Waals surface area contributed by atoms with Crippen molar-refractivity contribution in [3.8, 4) is 0 Å². The van der Waals surface area contributed by atoms with Crippen LogP contribution in [0, 0.1) is 5.92 Å². The van der Waals surface area contributed by atoms with Crippen molar-refractivity contribution in [3.63, 3.8) is 0 Å². The molecule has 31 heavy (non-hydrogen) atoms. The normalized spacial score (nSPS) is 16.9. The fraction of sp³-hybridized carbons (Fsp3) is 0.207. The summed E-state index contributed by atoms with van der Waals surface area (Å²) in [5.41, 5.74) is 8.25. The van der Waals surface area contributed by atoms with Crippen molar-refractivity contribution in [2.24, 2.45) is 5.92 Å². The number of allylic oxidation sites excluding steroid dienone is 13. The summed E-state index contributed by atoms with van der Waals surface area (Å²) < 4.78 is 5.11. The lowest BCUT2D eigenvalue weighted by atomic mass is 9.89. The molecule has 0 amide bonds. The van der Waals surface area contributed by atoms with Crippen LogP contribution in [0.1, 0.15) is 33.3 Å². The molecule has 2 aliphatic rings. The predicted molar refractivity (Wildman–Crippen MR) is 130 cm³/mol. The van der Waals surface area contributed by atoms with Gasteiger partial charge in [-0.25, -0.2) is 4.79 Å². The van der Waals surface area contributed by atoms with Gasteiger partial charge in [0.05, 0.1) is 12.7 Å². The molecule has 2 aliphatic carbocycles. The summed E-state index contributed by atoms with van der Waals surface area (Å²) in [7, 11) is 1.43. The summed E-state index contributed by atoms with van der Waals surface area (Å²) in [6.45, 7) is 8.54. The van der Waals surface area contributed by atoms with Gasteiger partial charge in [-0.1, -0.05) is 92.8 Å².